The second kappa shape index (κ2) is 3.72. The van der Waals surface area contributed by atoms with Crippen molar-refractivity contribution in [2.24, 2.45) is 7.05 Å². The van der Waals surface area contributed by atoms with Crippen molar-refractivity contribution in [3.05, 3.63) is 33.4 Å². The summed E-state index contributed by atoms with van der Waals surface area (Å²) in [4.78, 5) is 0. The number of aryl methyl sites for hydroxylation is 2. The number of hydrogen-bond acceptors (Lipinski definition) is 2. The third-order valence-corrected chi connectivity index (χ3v) is 3.05. The molecule has 0 unspecified atom stereocenters. The Hall–Kier alpha value is -0.850. The van der Waals surface area contributed by atoms with Gasteiger partial charge in [0.25, 0.3) is 0 Å². The summed E-state index contributed by atoms with van der Waals surface area (Å²) in [5, 5.41) is 8.50. The topological polar surface area (TPSA) is 35.6 Å². The predicted octanol–water partition coefficient (Wildman–Crippen LogP) is 1.58. The van der Waals surface area contributed by atoms with Gasteiger partial charge in [-0.25, -0.2) is 0 Å². The van der Waals surface area contributed by atoms with E-state index in [2.05, 4.69) is 45.9 Å². The molecule has 5 heteroatoms. The highest BCUT2D eigenvalue weighted by Crippen LogP contribution is 2.09. The van der Waals surface area contributed by atoms with Crippen LogP contribution in [0.3, 0.4) is 0 Å². The molecule has 0 aliphatic carbocycles. The Labute approximate surface area is 96.1 Å². The molecule has 74 valence electrons. The molecule has 0 N–H and O–H groups in total. The summed E-state index contributed by atoms with van der Waals surface area (Å²) >= 11 is 2.24. The lowest BCUT2D eigenvalue weighted by Crippen LogP contribution is -1.99. The molecule has 14 heavy (non-hydrogen) atoms. The Morgan fingerprint density at radius 1 is 1.43 bits per heavy atom. The Morgan fingerprint density at radius 3 is 2.71 bits per heavy atom. The van der Waals surface area contributed by atoms with Crippen LogP contribution in [0.2, 0.25) is 0 Å². The molecule has 0 bridgehead atoms. The van der Waals surface area contributed by atoms with Gasteiger partial charge in [0.15, 0.2) is 0 Å². The normalized spacial score (nSPS) is 10.8. The molecule has 0 amide bonds. The molecule has 0 aliphatic heterocycles. The van der Waals surface area contributed by atoms with Gasteiger partial charge in [0.05, 0.1) is 12.7 Å². The fourth-order valence-corrected chi connectivity index (χ4v) is 1.74. The molecule has 0 fully saturated rings. The number of rotatable bonds is 2. The number of nitrogens with zero attached hydrogens (tertiary/aromatic N) is 4. The maximum atomic E-state index is 4.38. The second-order valence-electron chi connectivity index (χ2n) is 3.32. The molecule has 0 saturated carbocycles. The van der Waals surface area contributed by atoms with Crippen molar-refractivity contribution >= 4 is 22.6 Å². The van der Waals surface area contributed by atoms with Crippen molar-refractivity contribution in [2.75, 3.05) is 0 Å². The van der Waals surface area contributed by atoms with Crippen LogP contribution in [0, 0.1) is 10.6 Å². The molecular formula is C9H11IN4. The molecule has 2 aromatic heterocycles. The van der Waals surface area contributed by atoms with Crippen molar-refractivity contribution in [3.63, 3.8) is 0 Å². The zero-order valence-electron chi connectivity index (χ0n) is 8.11. The van der Waals surface area contributed by atoms with Crippen LogP contribution in [-0.2, 0) is 13.6 Å². The Balaban J connectivity index is 2.18. The zero-order valence-corrected chi connectivity index (χ0v) is 10.3. The summed E-state index contributed by atoms with van der Waals surface area (Å²) in [5.41, 5.74) is 2.39. The molecule has 0 spiro atoms. The average molecular weight is 302 g/mol. The van der Waals surface area contributed by atoms with Gasteiger partial charge in [0, 0.05) is 30.6 Å². The van der Waals surface area contributed by atoms with E-state index in [1.165, 1.54) is 11.1 Å². The summed E-state index contributed by atoms with van der Waals surface area (Å²) in [7, 11) is 1.92. The largest absolute Gasteiger partial charge is 0.275 e. The average Bonchev–Trinajstić information content (AvgIpc) is 2.62. The molecule has 0 aliphatic rings. The van der Waals surface area contributed by atoms with Crippen LogP contribution in [0.4, 0.5) is 0 Å². The van der Waals surface area contributed by atoms with E-state index >= 15 is 0 Å². The van der Waals surface area contributed by atoms with E-state index in [-0.39, 0.29) is 0 Å². The van der Waals surface area contributed by atoms with Gasteiger partial charge < -0.3 is 0 Å². The van der Waals surface area contributed by atoms with Crippen LogP contribution in [0.5, 0.6) is 0 Å². The van der Waals surface area contributed by atoms with Gasteiger partial charge in [0.1, 0.15) is 3.70 Å². The lowest BCUT2D eigenvalue weighted by atomic mass is 10.3. The van der Waals surface area contributed by atoms with Crippen LogP contribution >= 0.6 is 22.6 Å². The summed E-state index contributed by atoms with van der Waals surface area (Å²) in [6.07, 6.45) is 5.92. The minimum absolute atomic E-state index is 0.789. The Kier molecular flexibility index (Phi) is 2.58. The van der Waals surface area contributed by atoms with E-state index in [9.17, 15) is 0 Å². The molecule has 0 aromatic carbocycles. The van der Waals surface area contributed by atoms with E-state index in [4.69, 9.17) is 0 Å². The quantitative estimate of drug-likeness (QED) is 0.790. The van der Waals surface area contributed by atoms with E-state index in [1.807, 2.05) is 24.1 Å². The molecule has 2 heterocycles. The standard InChI is InChI=1S/C9H11IN4/c1-7-4-14(12-9(7)10)6-8-3-11-13(2)5-8/h3-5H,6H2,1-2H3. The highest BCUT2D eigenvalue weighted by atomic mass is 127. The molecule has 0 saturated heterocycles. The Bertz CT molecular complexity index is 424. The molecule has 2 rings (SSSR count). The first kappa shape index (κ1) is 9.70. The van der Waals surface area contributed by atoms with Crippen LogP contribution in [0.1, 0.15) is 11.1 Å². The SMILES string of the molecule is Cc1cn(Cc2cnn(C)c2)nc1I. The van der Waals surface area contributed by atoms with E-state index < -0.39 is 0 Å². The zero-order chi connectivity index (χ0) is 10.1. The van der Waals surface area contributed by atoms with Gasteiger partial charge in [-0.3, -0.25) is 9.36 Å². The second-order valence-corrected chi connectivity index (χ2v) is 4.34. The third kappa shape index (κ3) is 1.97. The van der Waals surface area contributed by atoms with Gasteiger partial charge in [-0.15, -0.1) is 0 Å². The number of hydrogen-bond donors (Lipinski definition) is 0. The minimum atomic E-state index is 0.789. The van der Waals surface area contributed by atoms with Gasteiger partial charge in [-0.05, 0) is 29.5 Å². The van der Waals surface area contributed by atoms with E-state index in [0.29, 0.717) is 0 Å². The summed E-state index contributed by atoms with van der Waals surface area (Å²) in [6.45, 7) is 2.85. The summed E-state index contributed by atoms with van der Waals surface area (Å²) in [6, 6.07) is 0. The van der Waals surface area contributed by atoms with Gasteiger partial charge in [-0.2, -0.15) is 10.2 Å². The van der Waals surface area contributed by atoms with Crippen molar-refractivity contribution < 1.29 is 0 Å². The van der Waals surface area contributed by atoms with E-state index in [1.54, 1.807) is 4.68 Å². The van der Waals surface area contributed by atoms with Crippen molar-refractivity contribution in [1.82, 2.24) is 19.6 Å². The first-order valence-electron chi connectivity index (χ1n) is 4.32. The smallest absolute Gasteiger partial charge is 0.126 e. The number of halogens is 1. The van der Waals surface area contributed by atoms with E-state index in [0.717, 1.165) is 10.2 Å². The lowest BCUT2D eigenvalue weighted by molar-refractivity contribution is 0.679. The van der Waals surface area contributed by atoms with Crippen molar-refractivity contribution in [2.45, 2.75) is 13.5 Å². The molecular weight excluding hydrogens is 291 g/mol. The Morgan fingerprint density at radius 2 is 2.21 bits per heavy atom. The lowest BCUT2D eigenvalue weighted by Gasteiger charge is -1.96. The maximum absolute atomic E-state index is 4.38. The molecule has 2 aromatic rings. The number of aromatic nitrogens is 4. The third-order valence-electron chi connectivity index (χ3n) is 1.99. The van der Waals surface area contributed by atoms with Crippen LogP contribution in [0.25, 0.3) is 0 Å². The first-order chi connectivity index (χ1) is 6.65. The fourth-order valence-electron chi connectivity index (χ4n) is 1.32. The molecule has 0 radical (unpaired) electrons. The molecule has 0 atom stereocenters. The summed E-state index contributed by atoms with van der Waals surface area (Å²) < 4.78 is 4.80. The molecule has 4 nitrogen and oxygen atoms in total. The maximum Gasteiger partial charge on any atom is 0.126 e. The summed E-state index contributed by atoms with van der Waals surface area (Å²) in [5.74, 6) is 0. The van der Waals surface area contributed by atoms with Gasteiger partial charge in [0.2, 0.25) is 0 Å². The van der Waals surface area contributed by atoms with Crippen LogP contribution in [-0.4, -0.2) is 19.6 Å². The van der Waals surface area contributed by atoms with Gasteiger partial charge in [-0.1, -0.05) is 0 Å². The monoisotopic (exact) mass is 302 g/mol. The first-order valence-corrected chi connectivity index (χ1v) is 5.40. The van der Waals surface area contributed by atoms with Gasteiger partial charge >= 0.3 is 0 Å². The predicted molar refractivity (Wildman–Crippen MR) is 62.0 cm³/mol. The fraction of sp³-hybridized carbons (Fsp3) is 0.333. The highest BCUT2D eigenvalue weighted by Gasteiger charge is 2.02. The van der Waals surface area contributed by atoms with Crippen molar-refractivity contribution in [1.29, 1.82) is 0 Å². The minimum Gasteiger partial charge on any atom is -0.275 e. The van der Waals surface area contributed by atoms with Crippen molar-refractivity contribution in [3.8, 4) is 0 Å². The van der Waals surface area contributed by atoms with Crippen LogP contribution in [0.15, 0.2) is 18.6 Å². The highest BCUT2D eigenvalue weighted by molar-refractivity contribution is 14.1. The van der Waals surface area contributed by atoms with Crippen LogP contribution < -0.4 is 0 Å².